The minimum atomic E-state index is -3.79. The van der Waals surface area contributed by atoms with E-state index in [1.165, 1.54) is 5.01 Å². The SMILES string of the molecule is C[C@@H]1N(N2C(=O)c3ccccc3C2=O)[C@@]1(C)C(=O)N1[C@@H]2C[C@H]3CC[C@]2(CS1(=O)=O)C3(C)C. The van der Waals surface area contributed by atoms with Gasteiger partial charge in [0, 0.05) is 5.41 Å². The molecule has 1 aromatic carbocycles. The molecule has 3 aliphatic heterocycles. The van der Waals surface area contributed by atoms with Crippen LogP contribution in [0.3, 0.4) is 0 Å². The molecule has 2 bridgehead atoms. The highest BCUT2D eigenvalue weighted by atomic mass is 32.2. The Hall–Kier alpha value is -2.26. The van der Waals surface area contributed by atoms with E-state index in [4.69, 9.17) is 0 Å². The summed E-state index contributed by atoms with van der Waals surface area (Å²) in [4.78, 5) is 39.9. The van der Waals surface area contributed by atoms with Crippen LogP contribution in [0.25, 0.3) is 0 Å². The number of carbonyl (C=O) groups excluding carboxylic acids is 3. The van der Waals surface area contributed by atoms with Gasteiger partial charge in [-0.2, -0.15) is 5.01 Å². The summed E-state index contributed by atoms with van der Waals surface area (Å²) < 4.78 is 27.8. The molecule has 0 N–H and O–H groups in total. The van der Waals surface area contributed by atoms with Crippen molar-refractivity contribution in [3.8, 4) is 0 Å². The molecular weight excluding hydrogens is 430 g/mol. The summed E-state index contributed by atoms with van der Waals surface area (Å²) in [6.07, 6.45) is 2.50. The van der Waals surface area contributed by atoms with Crippen LogP contribution in [0.4, 0.5) is 0 Å². The van der Waals surface area contributed by atoms with Crippen LogP contribution in [-0.2, 0) is 14.8 Å². The maximum absolute atomic E-state index is 13.9. The highest BCUT2D eigenvalue weighted by Gasteiger charge is 2.76. The number of hydrazine groups is 1. The van der Waals surface area contributed by atoms with Gasteiger partial charge in [-0.05, 0) is 56.6 Å². The maximum atomic E-state index is 13.9. The van der Waals surface area contributed by atoms with Gasteiger partial charge in [0.25, 0.3) is 17.7 Å². The summed E-state index contributed by atoms with van der Waals surface area (Å²) in [6.45, 7) is 7.68. The van der Waals surface area contributed by atoms with Crippen LogP contribution in [0.5, 0.6) is 0 Å². The zero-order valence-corrected chi connectivity index (χ0v) is 19.5. The summed E-state index contributed by atoms with van der Waals surface area (Å²) in [7, 11) is -3.79. The van der Waals surface area contributed by atoms with E-state index in [2.05, 4.69) is 13.8 Å². The zero-order valence-electron chi connectivity index (χ0n) is 18.7. The van der Waals surface area contributed by atoms with Gasteiger partial charge in [-0.1, -0.05) is 26.0 Å². The van der Waals surface area contributed by atoms with Gasteiger partial charge < -0.3 is 0 Å². The number of rotatable bonds is 2. The summed E-state index contributed by atoms with van der Waals surface area (Å²) in [6, 6.07) is 5.75. The summed E-state index contributed by atoms with van der Waals surface area (Å²) >= 11 is 0. The van der Waals surface area contributed by atoms with E-state index in [0.29, 0.717) is 23.5 Å². The highest BCUT2D eigenvalue weighted by molar-refractivity contribution is 7.90. The average molecular weight is 458 g/mol. The van der Waals surface area contributed by atoms with Gasteiger partial charge in [0.2, 0.25) is 10.0 Å². The smallest absolute Gasteiger partial charge is 0.271 e. The van der Waals surface area contributed by atoms with E-state index in [1.54, 1.807) is 38.1 Å². The second kappa shape index (κ2) is 5.62. The first kappa shape index (κ1) is 20.4. The van der Waals surface area contributed by atoms with Crippen molar-refractivity contribution in [2.75, 3.05) is 5.75 Å². The summed E-state index contributed by atoms with van der Waals surface area (Å²) in [5.41, 5.74) is -1.22. The standard InChI is InChI=1S/C23H27N3O5S/c1-13-22(4,26(13)24-18(27)15-7-5-6-8-16(15)19(24)28)20(29)25-17-11-14-9-10-23(17,21(14,2)3)12-32(25,30)31/h5-8,13-14,17H,9-12H2,1-4H3/t13-,14+,17+,22+,23+,26?/m0/s1. The van der Waals surface area contributed by atoms with Gasteiger partial charge in [-0.25, -0.2) is 17.7 Å². The topological polar surface area (TPSA) is 94.8 Å². The number of amides is 3. The largest absolute Gasteiger partial charge is 0.276 e. The van der Waals surface area contributed by atoms with Gasteiger partial charge in [-0.15, -0.1) is 0 Å². The number of nitrogens with zero attached hydrogens (tertiary/aromatic N) is 3. The molecule has 2 saturated carbocycles. The molecule has 0 aromatic heterocycles. The van der Waals surface area contributed by atoms with E-state index in [1.807, 2.05) is 0 Å². The summed E-state index contributed by atoms with van der Waals surface area (Å²) in [5, 5.41) is 2.48. The summed E-state index contributed by atoms with van der Waals surface area (Å²) in [5.74, 6) is -1.08. The van der Waals surface area contributed by atoms with E-state index >= 15 is 0 Å². The number of imide groups is 1. The van der Waals surface area contributed by atoms with E-state index < -0.39 is 44.7 Å². The van der Waals surface area contributed by atoms with Crippen LogP contribution >= 0.6 is 0 Å². The number of sulfonamides is 1. The number of hydrogen-bond acceptors (Lipinski definition) is 6. The fourth-order valence-corrected chi connectivity index (χ4v) is 9.96. The molecule has 32 heavy (non-hydrogen) atoms. The van der Waals surface area contributed by atoms with Gasteiger partial charge in [0.15, 0.2) is 0 Å². The molecule has 3 amide bonds. The van der Waals surface area contributed by atoms with Crippen molar-refractivity contribution in [3.05, 3.63) is 35.4 Å². The van der Waals surface area contributed by atoms with Gasteiger partial charge in [-0.3, -0.25) is 14.4 Å². The van der Waals surface area contributed by atoms with Crippen LogP contribution in [0.1, 0.15) is 67.7 Å². The van der Waals surface area contributed by atoms with Crippen LogP contribution in [0.2, 0.25) is 0 Å². The lowest BCUT2D eigenvalue weighted by Crippen LogP contribution is -2.51. The minimum absolute atomic E-state index is 0.00259. The van der Waals surface area contributed by atoms with Crippen molar-refractivity contribution in [2.45, 2.75) is 64.6 Å². The third-order valence-corrected chi connectivity index (χ3v) is 11.5. The van der Waals surface area contributed by atoms with E-state index in [0.717, 1.165) is 22.2 Å². The zero-order chi connectivity index (χ0) is 23.0. The number of fused-ring (bicyclic) bond motifs is 2. The van der Waals surface area contributed by atoms with Crippen LogP contribution in [0, 0.1) is 16.7 Å². The van der Waals surface area contributed by atoms with Crippen molar-refractivity contribution in [1.29, 1.82) is 0 Å². The first-order chi connectivity index (χ1) is 14.9. The highest BCUT2D eigenvalue weighted by Crippen LogP contribution is 2.70. The molecule has 6 rings (SSSR count). The first-order valence-corrected chi connectivity index (χ1v) is 12.8. The normalized spacial score (nSPS) is 42.4. The average Bonchev–Trinajstić information content (AvgIpc) is 2.95. The third-order valence-electron chi connectivity index (χ3n) is 9.62. The van der Waals surface area contributed by atoms with Crippen molar-refractivity contribution in [1.82, 2.24) is 14.3 Å². The fraction of sp³-hybridized carbons (Fsp3) is 0.609. The molecular formula is C23H27N3O5S. The lowest BCUT2D eigenvalue weighted by molar-refractivity contribution is -0.133. The van der Waals surface area contributed by atoms with Gasteiger partial charge in [0.1, 0.15) is 5.54 Å². The Morgan fingerprint density at radius 2 is 1.66 bits per heavy atom. The van der Waals surface area contributed by atoms with Crippen LogP contribution < -0.4 is 0 Å². The lowest BCUT2D eigenvalue weighted by Gasteiger charge is -2.37. The molecule has 5 aliphatic rings. The predicted octanol–water partition coefficient (Wildman–Crippen LogP) is 2.03. The molecule has 2 aliphatic carbocycles. The van der Waals surface area contributed by atoms with Crippen molar-refractivity contribution in [3.63, 3.8) is 0 Å². The molecule has 1 spiro atoms. The Labute approximate surface area is 187 Å². The third kappa shape index (κ3) is 1.99. The molecule has 170 valence electrons. The second-order valence-corrected chi connectivity index (χ2v) is 12.7. The monoisotopic (exact) mass is 457 g/mol. The molecule has 2 saturated heterocycles. The molecule has 1 unspecified atom stereocenters. The molecule has 0 radical (unpaired) electrons. The quantitative estimate of drug-likeness (QED) is 0.498. The molecule has 9 heteroatoms. The Morgan fingerprint density at radius 3 is 2.22 bits per heavy atom. The molecule has 8 nitrogen and oxygen atoms in total. The first-order valence-electron chi connectivity index (χ1n) is 11.2. The second-order valence-electron chi connectivity index (χ2n) is 10.9. The van der Waals surface area contributed by atoms with E-state index in [9.17, 15) is 22.8 Å². The molecule has 6 atom stereocenters. The minimum Gasteiger partial charge on any atom is -0.271 e. The van der Waals surface area contributed by atoms with E-state index in [-0.39, 0.29) is 17.2 Å². The maximum Gasteiger partial charge on any atom is 0.276 e. The molecule has 1 aromatic rings. The number of hydrogen-bond donors (Lipinski definition) is 0. The molecule has 3 heterocycles. The Morgan fingerprint density at radius 1 is 1.06 bits per heavy atom. The van der Waals surface area contributed by atoms with Crippen molar-refractivity contribution in [2.24, 2.45) is 16.7 Å². The Kier molecular flexibility index (Phi) is 3.57. The lowest BCUT2D eigenvalue weighted by atomic mass is 9.69. The number of carbonyl (C=O) groups is 3. The van der Waals surface area contributed by atoms with Gasteiger partial charge >= 0.3 is 0 Å². The van der Waals surface area contributed by atoms with Gasteiger partial charge in [0.05, 0.1) is 29.0 Å². The van der Waals surface area contributed by atoms with Crippen LogP contribution in [-0.4, -0.2) is 63.8 Å². The molecule has 4 fully saturated rings. The Balaban J connectivity index is 1.36. The van der Waals surface area contributed by atoms with Crippen molar-refractivity contribution < 1.29 is 22.8 Å². The van der Waals surface area contributed by atoms with Crippen LogP contribution in [0.15, 0.2) is 24.3 Å². The predicted molar refractivity (Wildman–Crippen MR) is 115 cm³/mol. The fourth-order valence-electron chi connectivity index (χ4n) is 7.34. The number of benzene rings is 1. The van der Waals surface area contributed by atoms with Crippen molar-refractivity contribution >= 4 is 27.7 Å². The Bertz CT molecular complexity index is 1190.